The van der Waals surface area contributed by atoms with Gasteiger partial charge in [0.15, 0.2) is 0 Å². The van der Waals surface area contributed by atoms with E-state index in [1.54, 1.807) is 17.0 Å². The van der Waals surface area contributed by atoms with Gasteiger partial charge in [0.25, 0.3) is 0 Å². The van der Waals surface area contributed by atoms with Gasteiger partial charge < -0.3 is 29.5 Å². The highest BCUT2D eigenvalue weighted by molar-refractivity contribution is 5.97. The lowest BCUT2D eigenvalue weighted by atomic mass is 9.75. The number of hydrogen-bond donors (Lipinski definition) is 2. The standard InChI is InChI=1S/C32H42FN5O6/c1-21-14-35(26(16-37(21)31(41)42)15-36-10-11-43-20-32(36)8-3-9-32)17-29(40)38-22(2)19-44-30-28(38)13-24(27(18-39)34-30)12-23-4-6-25(33)7-5-23/h4-7,13,21-22,26,39H,3,8-12,14-20H2,1-2H3,(H,41,42)/t21-,22+,26+/m1/s1. The second-order valence-electron chi connectivity index (χ2n) is 12.7. The summed E-state index contributed by atoms with van der Waals surface area (Å²) in [4.78, 5) is 38.7. The molecule has 6 rings (SSSR count). The Morgan fingerprint density at radius 2 is 1.91 bits per heavy atom. The van der Waals surface area contributed by atoms with Crippen LogP contribution >= 0.6 is 0 Å². The van der Waals surface area contributed by atoms with E-state index in [0.29, 0.717) is 56.5 Å². The summed E-state index contributed by atoms with van der Waals surface area (Å²) < 4.78 is 25.3. The number of benzene rings is 1. The molecule has 3 aliphatic heterocycles. The SMILES string of the molecule is C[C@@H]1CN(CC(=O)N2c3cc(Cc4ccc(F)cc4)c(CO)nc3OC[C@@H]2C)[C@@H](CN2CCOCC23CCC3)CN1C(=O)O. The minimum Gasteiger partial charge on any atom is -0.474 e. The molecule has 0 unspecified atom stereocenters. The number of rotatable bonds is 7. The highest BCUT2D eigenvalue weighted by atomic mass is 19.1. The lowest BCUT2D eigenvalue weighted by molar-refractivity contribution is -0.127. The summed E-state index contributed by atoms with van der Waals surface area (Å²) in [6.07, 6.45) is 2.77. The van der Waals surface area contributed by atoms with E-state index in [2.05, 4.69) is 14.8 Å². The first-order valence-corrected chi connectivity index (χ1v) is 15.6. The molecule has 1 saturated carbocycles. The highest BCUT2D eigenvalue weighted by Gasteiger charge is 2.47. The van der Waals surface area contributed by atoms with E-state index in [4.69, 9.17) is 9.47 Å². The van der Waals surface area contributed by atoms with E-state index in [1.807, 2.05) is 19.9 Å². The second-order valence-corrected chi connectivity index (χ2v) is 12.7. The van der Waals surface area contributed by atoms with Gasteiger partial charge in [-0.25, -0.2) is 14.2 Å². The van der Waals surface area contributed by atoms with Crippen molar-refractivity contribution in [1.29, 1.82) is 0 Å². The Kier molecular flexibility index (Phi) is 8.78. The summed E-state index contributed by atoms with van der Waals surface area (Å²) in [6, 6.07) is 7.35. The molecular weight excluding hydrogens is 569 g/mol. The van der Waals surface area contributed by atoms with E-state index < -0.39 is 6.09 Å². The monoisotopic (exact) mass is 611 g/mol. The third kappa shape index (κ3) is 6.00. The predicted molar refractivity (Wildman–Crippen MR) is 160 cm³/mol. The Bertz CT molecular complexity index is 1370. The van der Waals surface area contributed by atoms with E-state index >= 15 is 0 Å². The Labute approximate surface area is 257 Å². The highest BCUT2D eigenvalue weighted by Crippen LogP contribution is 2.40. The molecule has 0 radical (unpaired) electrons. The van der Waals surface area contributed by atoms with Crippen molar-refractivity contribution in [2.45, 2.75) is 69.8 Å². The molecule has 1 spiro atoms. The maximum Gasteiger partial charge on any atom is 0.407 e. The fourth-order valence-electron chi connectivity index (χ4n) is 7.19. The quantitative estimate of drug-likeness (QED) is 0.487. The molecule has 0 bridgehead atoms. The van der Waals surface area contributed by atoms with Crippen LogP contribution in [-0.4, -0.2) is 118 Å². The number of halogens is 1. The zero-order chi connectivity index (χ0) is 31.0. The molecule has 238 valence electrons. The fraction of sp³-hybridized carbons (Fsp3) is 0.594. The van der Waals surface area contributed by atoms with Crippen LogP contribution < -0.4 is 9.64 Å². The fourth-order valence-corrected chi connectivity index (χ4v) is 7.19. The predicted octanol–water partition coefficient (Wildman–Crippen LogP) is 2.73. The average Bonchev–Trinajstić information content (AvgIpc) is 2.98. The number of fused-ring (bicyclic) bond motifs is 1. The van der Waals surface area contributed by atoms with Gasteiger partial charge in [-0.05, 0) is 68.9 Å². The number of piperazine rings is 1. The van der Waals surface area contributed by atoms with Gasteiger partial charge in [-0.15, -0.1) is 0 Å². The Morgan fingerprint density at radius 1 is 1.14 bits per heavy atom. The molecule has 1 aromatic carbocycles. The van der Waals surface area contributed by atoms with Crippen LogP contribution in [0.1, 0.15) is 49.9 Å². The smallest absolute Gasteiger partial charge is 0.407 e. The van der Waals surface area contributed by atoms with Gasteiger partial charge in [0.05, 0.1) is 38.1 Å². The minimum absolute atomic E-state index is 0.0136. The first-order chi connectivity index (χ1) is 21.2. The van der Waals surface area contributed by atoms with Crippen LogP contribution in [0.5, 0.6) is 5.88 Å². The van der Waals surface area contributed by atoms with E-state index in [9.17, 15) is 24.2 Å². The molecule has 2 saturated heterocycles. The van der Waals surface area contributed by atoms with Gasteiger partial charge in [-0.1, -0.05) is 12.1 Å². The van der Waals surface area contributed by atoms with Gasteiger partial charge in [0.2, 0.25) is 11.8 Å². The number of carboxylic acid groups (broad SMARTS) is 1. The van der Waals surface area contributed by atoms with Crippen LogP contribution in [-0.2, 0) is 22.6 Å². The van der Waals surface area contributed by atoms with Gasteiger partial charge >= 0.3 is 6.09 Å². The number of amides is 2. The number of aliphatic hydroxyl groups is 1. The lowest BCUT2D eigenvalue weighted by Crippen LogP contribution is -2.67. The van der Waals surface area contributed by atoms with E-state index in [0.717, 1.165) is 36.9 Å². The Morgan fingerprint density at radius 3 is 2.59 bits per heavy atom. The van der Waals surface area contributed by atoms with Crippen molar-refractivity contribution in [3.8, 4) is 5.88 Å². The molecule has 1 aromatic heterocycles. The molecule has 2 N–H and O–H groups in total. The van der Waals surface area contributed by atoms with Crippen molar-refractivity contribution in [2.24, 2.45) is 0 Å². The van der Waals surface area contributed by atoms with Crippen molar-refractivity contribution < 1.29 is 33.7 Å². The zero-order valence-corrected chi connectivity index (χ0v) is 25.5. The maximum atomic E-state index is 14.2. The number of carbonyl (C=O) groups excluding carboxylic acids is 1. The number of anilines is 1. The molecule has 44 heavy (non-hydrogen) atoms. The van der Waals surface area contributed by atoms with Crippen LogP contribution in [0.2, 0.25) is 0 Å². The van der Waals surface area contributed by atoms with Crippen LogP contribution in [0.15, 0.2) is 30.3 Å². The number of hydrogen-bond acceptors (Lipinski definition) is 8. The molecule has 12 heteroatoms. The molecule has 4 aliphatic rings. The number of aliphatic hydroxyl groups excluding tert-OH is 1. The van der Waals surface area contributed by atoms with Crippen LogP contribution in [0.4, 0.5) is 14.9 Å². The minimum atomic E-state index is -0.941. The number of ether oxygens (including phenoxy) is 2. The molecule has 2 amide bonds. The third-order valence-corrected chi connectivity index (χ3v) is 9.83. The molecular formula is C32H42FN5O6. The van der Waals surface area contributed by atoms with E-state index in [-0.39, 0.29) is 55.1 Å². The molecule has 1 aliphatic carbocycles. The van der Waals surface area contributed by atoms with E-state index in [1.165, 1.54) is 17.0 Å². The number of pyridine rings is 1. The summed E-state index contributed by atoms with van der Waals surface area (Å²) in [5.74, 6) is -0.147. The van der Waals surface area contributed by atoms with Gasteiger partial charge in [-0.2, -0.15) is 0 Å². The third-order valence-electron chi connectivity index (χ3n) is 9.83. The molecule has 11 nitrogen and oxygen atoms in total. The lowest BCUT2D eigenvalue weighted by Gasteiger charge is -2.55. The Hall–Kier alpha value is -3.32. The van der Waals surface area contributed by atoms with Crippen molar-refractivity contribution in [3.63, 3.8) is 0 Å². The summed E-state index contributed by atoms with van der Waals surface area (Å²) >= 11 is 0. The van der Waals surface area contributed by atoms with Crippen LogP contribution in [0, 0.1) is 5.82 Å². The largest absolute Gasteiger partial charge is 0.474 e. The molecule has 4 heterocycles. The molecule has 2 aromatic rings. The van der Waals surface area contributed by atoms with Gasteiger partial charge in [-0.3, -0.25) is 14.6 Å². The molecule has 3 atom stereocenters. The summed E-state index contributed by atoms with van der Waals surface area (Å²) in [5, 5.41) is 20.0. The first kappa shape index (κ1) is 30.7. The summed E-state index contributed by atoms with van der Waals surface area (Å²) in [5.41, 5.74) is 2.58. The van der Waals surface area contributed by atoms with Crippen molar-refractivity contribution in [3.05, 3.63) is 53.0 Å². The van der Waals surface area contributed by atoms with Gasteiger partial charge in [0.1, 0.15) is 18.1 Å². The topological polar surface area (TPSA) is 119 Å². The van der Waals surface area contributed by atoms with Crippen molar-refractivity contribution in [1.82, 2.24) is 19.7 Å². The van der Waals surface area contributed by atoms with Crippen molar-refractivity contribution >= 4 is 17.7 Å². The first-order valence-electron chi connectivity index (χ1n) is 15.6. The van der Waals surface area contributed by atoms with Crippen LogP contribution in [0.25, 0.3) is 0 Å². The van der Waals surface area contributed by atoms with Crippen LogP contribution in [0.3, 0.4) is 0 Å². The maximum absolute atomic E-state index is 14.2. The summed E-state index contributed by atoms with van der Waals surface area (Å²) in [7, 11) is 0. The zero-order valence-electron chi connectivity index (χ0n) is 25.5. The summed E-state index contributed by atoms with van der Waals surface area (Å²) in [6.45, 7) is 7.49. The van der Waals surface area contributed by atoms with Crippen molar-refractivity contribution in [2.75, 3.05) is 57.4 Å². The Balaban J connectivity index is 1.26. The number of nitrogens with zero attached hydrogens (tertiary/aromatic N) is 5. The normalized spacial score (nSPS) is 25.3. The number of carbonyl (C=O) groups is 2. The number of aromatic nitrogens is 1. The van der Waals surface area contributed by atoms with Gasteiger partial charge in [0, 0.05) is 43.8 Å². The second kappa shape index (κ2) is 12.6. The number of morpholine rings is 1. The average molecular weight is 612 g/mol. The molecule has 3 fully saturated rings.